The molecule has 1 rings (SSSR count). The van der Waals surface area contributed by atoms with Gasteiger partial charge in [0.05, 0.1) is 18.2 Å². The number of benzene rings is 1. The third kappa shape index (κ3) is 6.68. The van der Waals surface area contributed by atoms with E-state index in [4.69, 9.17) is 15.1 Å². The maximum atomic E-state index is 10.8. The minimum atomic E-state index is -1.03. The molecule has 0 aliphatic rings. The zero-order chi connectivity index (χ0) is 15.5. The van der Waals surface area contributed by atoms with Crippen molar-refractivity contribution in [3.05, 3.63) is 29.8 Å². The molecule has 0 aromatic heterocycles. The Labute approximate surface area is 127 Å². The highest BCUT2D eigenvalue weighted by atomic mass is 32.2. The highest BCUT2D eigenvalue weighted by molar-refractivity contribution is 7.99. The molecule has 7 heteroatoms. The number of nitriles is 1. The molecule has 6 nitrogen and oxygen atoms in total. The van der Waals surface area contributed by atoms with Gasteiger partial charge in [-0.05, 0) is 36.4 Å². The van der Waals surface area contributed by atoms with Crippen molar-refractivity contribution in [1.82, 2.24) is 5.32 Å². The Morgan fingerprint density at radius 1 is 1.43 bits per heavy atom. The molecule has 0 aliphatic heterocycles. The molecule has 21 heavy (non-hydrogen) atoms. The predicted octanol–water partition coefficient (Wildman–Crippen LogP) is 1.26. The largest absolute Gasteiger partial charge is 0.493 e. The first-order valence-corrected chi connectivity index (χ1v) is 7.46. The molecule has 1 atom stereocenters. The maximum Gasteiger partial charge on any atom is 0.326 e. The second-order valence-corrected chi connectivity index (χ2v) is 5.29. The number of ether oxygens (including phenoxy) is 1. The SMILES string of the molecule is N#Cc1ccc(OCCSCCC(NC=O)C(=O)O)cc1. The van der Waals surface area contributed by atoms with Crippen molar-refractivity contribution in [1.29, 1.82) is 5.26 Å². The van der Waals surface area contributed by atoms with E-state index in [9.17, 15) is 9.59 Å². The van der Waals surface area contributed by atoms with Crippen molar-refractivity contribution in [2.75, 3.05) is 18.1 Å². The second kappa shape index (κ2) is 9.66. The van der Waals surface area contributed by atoms with Crippen molar-refractivity contribution in [3.63, 3.8) is 0 Å². The van der Waals surface area contributed by atoms with Crippen LogP contribution in [0.5, 0.6) is 5.75 Å². The molecule has 112 valence electrons. The molecule has 0 radical (unpaired) electrons. The molecule has 2 N–H and O–H groups in total. The van der Waals surface area contributed by atoms with Crippen LogP contribution in [0, 0.1) is 11.3 Å². The third-order valence-electron chi connectivity index (χ3n) is 2.60. The first kappa shape index (κ1) is 16.9. The van der Waals surface area contributed by atoms with Crippen molar-refractivity contribution in [3.8, 4) is 11.8 Å². The quantitative estimate of drug-likeness (QED) is 0.498. The van der Waals surface area contributed by atoms with Crippen molar-refractivity contribution >= 4 is 24.1 Å². The summed E-state index contributed by atoms with van der Waals surface area (Å²) in [5, 5.41) is 19.7. The molecule has 0 aliphatic carbocycles. The standard InChI is InChI=1S/C14H16N2O4S/c15-9-11-1-3-12(4-2-11)20-6-8-21-7-5-13(14(18)19)16-10-17/h1-4,10,13H,5-8H2,(H,16,17)(H,18,19). The number of rotatable bonds is 10. The number of carbonyl (C=O) groups is 2. The zero-order valence-electron chi connectivity index (χ0n) is 11.3. The Bertz CT molecular complexity index is 499. The first-order chi connectivity index (χ1) is 10.2. The lowest BCUT2D eigenvalue weighted by molar-refractivity contribution is -0.140. The van der Waals surface area contributed by atoms with Crippen molar-refractivity contribution in [2.24, 2.45) is 0 Å². The number of hydrogen-bond donors (Lipinski definition) is 2. The Morgan fingerprint density at radius 2 is 2.14 bits per heavy atom. The van der Waals surface area contributed by atoms with Crippen LogP contribution in [0.25, 0.3) is 0 Å². The normalized spacial score (nSPS) is 11.2. The summed E-state index contributed by atoms with van der Waals surface area (Å²) in [6.45, 7) is 0.495. The average molecular weight is 308 g/mol. The topological polar surface area (TPSA) is 99.4 Å². The Balaban J connectivity index is 2.15. The van der Waals surface area contributed by atoms with E-state index in [2.05, 4.69) is 5.32 Å². The number of thioether (sulfide) groups is 1. The molecule has 1 aromatic rings. The Hall–Kier alpha value is -2.20. The molecule has 0 saturated carbocycles. The highest BCUT2D eigenvalue weighted by Crippen LogP contribution is 2.12. The van der Waals surface area contributed by atoms with E-state index >= 15 is 0 Å². The van der Waals surface area contributed by atoms with Crippen LogP contribution < -0.4 is 10.1 Å². The summed E-state index contributed by atoms with van der Waals surface area (Å²) in [6, 6.07) is 8.03. The van der Waals surface area contributed by atoms with Crippen molar-refractivity contribution in [2.45, 2.75) is 12.5 Å². The summed E-state index contributed by atoms with van der Waals surface area (Å²) in [6.07, 6.45) is 0.771. The molecule has 0 fully saturated rings. The number of amides is 1. The van der Waals surface area contributed by atoms with E-state index in [1.807, 2.05) is 6.07 Å². The van der Waals surface area contributed by atoms with Gasteiger partial charge in [0.1, 0.15) is 11.8 Å². The molecular weight excluding hydrogens is 292 g/mol. The van der Waals surface area contributed by atoms with Gasteiger partial charge in [0.25, 0.3) is 0 Å². The highest BCUT2D eigenvalue weighted by Gasteiger charge is 2.15. The number of hydrogen-bond acceptors (Lipinski definition) is 5. The second-order valence-electron chi connectivity index (χ2n) is 4.06. The maximum absolute atomic E-state index is 10.8. The molecule has 0 saturated heterocycles. The molecule has 0 bridgehead atoms. The summed E-state index contributed by atoms with van der Waals surface area (Å²) < 4.78 is 5.49. The van der Waals surface area contributed by atoms with Gasteiger partial charge in [-0.3, -0.25) is 4.79 Å². The van der Waals surface area contributed by atoms with E-state index < -0.39 is 12.0 Å². The molecule has 0 spiro atoms. The van der Waals surface area contributed by atoms with Gasteiger partial charge >= 0.3 is 5.97 Å². The lowest BCUT2D eigenvalue weighted by Crippen LogP contribution is -2.36. The Kier molecular flexibility index (Phi) is 7.76. The third-order valence-corrected chi connectivity index (χ3v) is 3.58. The minimum absolute atomic E-state index is 0.371. The van der Waals surface area contributed by atoms with Gasteiger partial charge in [0.2, 0.25) is 6.41 Å². The first-order valence-electron chi connectivity index (χ1n) is 6.30. The molecule has 1 unspecified atom stereocenters. The van der Waals surface area contributed by atoms with E-state index in [-0.39, 0.29) is 0 Å². The summed E-state index contributed by atoms with van der Waals surface area (Å²) >= 11 is 1.56. The van der Waals surface area contributed by atoms with Crippen LogP contribution in [0.3, 0.4) is 0 Å². The van der Waals surface area contributed by atoms with Crippen LogP contribution >= 0.6 is 11.8 Å². The smallest absolute Gasteiger partial charge is 0.326 e. The molecule has 1 aromatic carbocycles. The number of carboxylic acids is 1. The number of nitrogens with zero attached hydrogens (tertiary/aromatic N) is 1. The van der Waals surface area contributed by atoms with Gasteiger partial charge in [-0.1, -0.05) is 0 Å². The van der Waals surface area contributed by atoms with Crippen LogP contribution in [-0.2, 0) is 9.59 Å². The Morgan fingerprint density at radius 3 is 2.71 bits per heavy atom. The number of carbonyl (C=O) groups excluding carboxylic acids is 1. The van der Waals surface area contributed by atoms with Crippen LogP contribution in [0.4, 0.5) is 0 Å². The van der Waals surface area contributed by atoms with Gasteiger partial charge in [0, 0.05) is 5.75 Å². The van der Waals surface area contributed by atoms with E-state index in [0.717, 1.165) is 0 Å². The van der Waals surface area contributed by atoms with Gasteiger partial charge in [-0.2, -0.15) is 17.0 Å². The summed E-state index contributed by atoms with van der Waals surface area (Å²) in [4.78, 5) is 21.0. The van der Waals surface area contributed by atoms with Gasteiger partial charge in [-0.15, -0.1) is 0 Å². The summed E-state index contributed by atoms with van der Waals surface area (Å²) in [5.74, 6) is 0.999. The van der Waals surface area contributed by atoms with E-state index in [1.54, 1.807) is 36.0 Å². The molecule has 0 heterocycles. The number of aliphatic carboxylic acids is 1. The van der Waals surface area contributed by atoms with Crippen LogP contribution in [0.2, 0.25) is 0 Å². The summed E-state index contributed by atoms with van der Waals surface area (Å²) in [5.41, 5.74) is 0.583. The fourth-order valence-corrected chi connectivity index (χ4v) is 2.32. The lowest BCUT2D eigenvalue weighted by Gasteiger charge is -2.10. The fourth-order valence-electron chi connectivity index (χ4n) is 1.51. The van der Waals surface area contributed by atoms with Crippen LogP contribution in [-0.4, -0.2) is 41.6 Å². The number of carboxylic acid groups (broad SMARTS) is 1. The van der Waals surface area contributed by atoms with Gasteiger partial charge in [-0.25, -0.2) is 4.79 Å². The minimum Gasteiger partial charge on any atom is -0.493 e. The zero-order valence-corrected chi connectivity index (χ0v) is 12.1. The number of nitrogens with one attached hydrogen (secondary N) is 1. The van der Waals surface area contributed by atoms with Gasteiger partial charge < -0.3 is 15.2 Å². The predicted molar refractivity (Wildman–Crippen MR) is 79.2 cm³/mol. The van der Waals surface area contributed by atoms with E-state index in [1.165, 1.54) is 0 Å². The van der Waals surface area contributed by atoms with Crippen LogP contribution in [0.1, 0.15) is 12.0 Å². The lowest BCUT2D eigenvalue weighted by atomic mass is 10.2. The van der Waals surface area contributed by atoms with Gasteiger partial charge in [0.15, 0.2) is 0 Å². The molecular formula is C14H16N2O4S. The average Bonchev–Trinajstić information content (AvgIpc) is 2.50. The fraction of sp³-hybridized carbons (Fsp3) is 0.357. The monoisotopic (exact) mass is 308 g/mol. The molecule has 1 amide bonds. The van der Waals surface area contributed by atoms with Crippen molar-refractivity contribution < 1.29 is 19.4 Å². The van der Waals surface area contributed by atoms with Crippen LogP contribution in [0.15, 0.2) is 24.3 Å². The van der Waals surface area contributed by atoms with E-state index in [0.29, 0.717) is 42.3 Å². The summed E-state index contributed by atoms with van der Waals surface area (Å²) in [7, 11) is 0.